The Labute approximate surface area is 142 Å². The first kappa shape index (κ1) is 16.8. The Morgan fingerprint density at radius 2 is 1.88 bits per heavy atom. The molecule has 2 aliphatic rings. The van der Waals surface area contributed by atoms with Crippen LogP contribution in [0.15, 0.2) is 24.3 Å². The number of para-hydroxylation sites is 1. The summed E-state index contributed by atoms with van der Waals surface area (Å²) in [7, 11) is 0. The smallest absolute Gasteiger partial charge is 0.410 e. The van der Waals surface area contributed by atoms with Gasteiger partial charge in [0.25, 0.3) is 0 Å². The molecule has 1 aromatic carbocycles. The van der Waals surface area contributed by atoms with Gasteiger partial charge in [0.1, 0.15) is 11.1 Å². The van der Waals surface area contributed by atoms with E-state index in [1.807, 2.05) is 45.0 Å². The SMILES string of the molecule is CC(C)(C)OC(=O)N1CCC2(CC1)NCc1ccccc1NC2=O. The summed E-state index contributed by atoms with van der Waals surface area (Å²) in [6, 6.07) is 7.82. The monoisotopic (exact) mass is 331 g/mol. The van der Waals surface area contributed by atoms with Gasteiger partial charge in [-0.1, -0.05) is 18.2 Å². The molecule has 1 saturated heterocycles. The summed E-state index contributed by atoms with van der Waals surface area (Å²) in [5.41, 5.74) is 0.808. The van der Waals surface area contributed by atoms with Gasteiger partial charge in [-0.15, -0.1) is 0 Å². The number of likely N-dealkylation sites (tertiary alicyclic amines) is 1. The summed E-state index contributed by atoms with van der Waals surface area (Å²) < 4.78 is 5.42. The third-order valence-electron chi connectivity index (χ3n) is 4.59. The van der Waals surface area contributed by atoms with Crippen molar-refractivity contribution in [3.63, 3.8) is 0 Å². The lowest BCUT2D eigenvalue weighted by Gasteiger charge is -2.40. The maximum absolute atomic E-state index is 12.8. The zero-order valence-corrected chi connectivity index (χ0v) is 14.5. The first-order valence-electron chi connectivity index (χ1n) is 8.41. The van der Waals surface area contributed by atoms with Crippen molar-refractivity contribution in [2.24, 2.45) is 0 Å². The highest BCUT2D eigenvalue weighted by Gasteiger charge is 2.43. The number of nitrogens with zero attached hydrogens (tertiary/aromatic N) is 1. The normalized spacial score (nSPS) is 20.1. The number of rotatable bonds is 0. The van der Waals surface area contributed by atoms with Crippen LogP contribution >= 0.6 is 0 Å². The van der Waals surface area contributed by atoms with Crippen LogP contribution in [0.1, 0.15) is 39.2 Å². The largest absolute Gasteiger partial charge is 0.444 e. The number of carbonyl (C=O) groups excluding carboxylic acids is 2. The topological polar surface area (TPSA) is 70.7 Å². The molecule has 0 unspecified atom stereocenters. The molecule has 2 N–H and O–H groups in total. The predicted octanol–water partition coefficient (Wildman–Crippen LogP) is 2.50. The number of hydrogen-bond acceptors (Lipinski definition) is 4. The Morgan fingerprint density at radius 1 is 1.21 bits per heavy atom. The number of amides is 2. The quantitative estimate of drug-likeness (QED) is 0.766. The molecule has 1 fully saturated rings. The van der Waals surface area contributed by atoms with E-state index in [-0.39, 0.29) is 12.0 Å². The molecular formula is C18H25N3O3. The number of hydrogen-bond donors (Lipinski definition) is 2. The third-order valence-corrected chi connectivity index (χ3v) is 4.59. The number of nitrogens with one attached hydrogen (secondary N) is 2. The summed E-state index contributed by atoms with van der Waals surface area (Å²) in [5, 5.41) is 6.45. The second-order valence-corrected chi connectivity index (χ2v) is 7.51. The summed E-state index contributed by atoms with van der Waals surface area (Å²) >= 11 is 0. The number of anilines is 1. The van der Waals surface area contributed by atoms with Gasteiger partial charge >= 0.3 is 6.09 Å². The Morgan fingerprint density at radius 3 is 2.54 bits per heavy atom. The second-order valence-electron chi connectivity index (χ2n) is 7.51. The highest BCUT2D eigenvalue weighted by Crippen LogP contribution is 2.29. The minimum Gasteiger partial charge on any atom is -0.444 e. The molecule has 2 heterocycles. The van der Waals surface area contributed by atoms with Gasteiger partial charge in [-0.2, -0.15) is 0 Å². The first-order valence-corrected chi connectivity index (χ1v) is 8.41. The standard InChI is InChI=1S/C18H25N3O3/c1-17(2,3)24-16(23)21-10-8-18(9-11-21)15(22)20-14-7-5-4-6-13(14)12-19-18/h4-7,19H,8-12H2,1-3H3,(H,20,22). The molecule has 24 heavy (non-hydrogen) atoms. The molecule has 0 aliphatic carbocycles. The molecule has 1 aromatic rings. The molecule has 0 atom stereocenters. The van der Waals surface area contributed by atoms with Crippen molar-refractivity contribution >= 4 is 17.7 Å². The number of benzene rings is 1. The van der Waals surface area contributed by atoms with Crippen molar-refractivity contribution in [1.29, 1.82) is 0 Å². The molecule has 1 spiro atoms. The Balaban J connectivity index is 1.67. The minimum atomic E-state index is -0.627. The van der Waals surface area contributed by atoms with E-state index in [0.29, 0.717) is 32.5 Å². The lowest BCUT2D eigenvalue weighted by atomic mass is 9.86. The van der Waals surface area contributed by atoms with Crippen molar-refractivity contribution < 1.29 is 14.3 Å². The number of fused-ring (bicyclic) bond motifs is 1. The average molecular weight is 331 g/mol. The molecule has 6 nitrogen and oxygen atoms in total. The molecule has 0 aromatic heterocycles. The zero-order valence-electron chi connectivity index (χ0n) is 14.5. The third kappa shape index (κ3) is 3.38. The Hall–Kier alpha value is -2.08. The van der Waals surface area contributed by atoms with Crippen molar-refractivity contribution in [3.8, 4) is 0 Å². The molecule has 0 radical (unpaired) electrons. The van der Waals surface area contributed by atoms with E-state index in [0.717, 1.165) is 11.3 Å². The van der Waals surface area contributed by atoms with Gasteiger partial charge < -0.3 is 15.0 Å². The Kier molecular flexibility index (Phi) is 4.25. The summed E-state index contributed by atoms with van der Waals surface area (Å²) in [5.74, 6) is -0.0173. The van der Waals surface area contributed by atoms with Gasteiger partial charge in [-0.25, -0.2) is 4.79 Å². The summed E-state index contributed by atoms with van der Waals surface area (Å²) in [6.45, 7) is 7.22. The van der Waals surface area contributed by atoms with Crippen LogP contribution in [0, 0.1) is 0 Å². The molecule has 3 rings (SSSR count). The predicted molar refractivity (Wildman–Crippen MR) is 91.7 cm³/mol. The van der Waals surface area contributed by atoms with Crippen molar-refractivity contribution in [3.05, 3.63) is 29.8 Å². The number of carbonyl (C=O) groups is 2. The summed E-state index contributed by atoms with van der Waals surface area (Å²) in [6.07, 6.45) is 0.840. The van der Waals surface area contributed by atoms with Crippen LogP contribution < -0.4 is 10.6 Å². The molecule has 130 valence electrons. The second kappa shape index (κ2) is 6.09. The summed E-state index contributed by atoms with van der Waals surface area (Å²) in [4.78, 5) is 26.6. The van der Waals surface area contributed by atoms with Crippen LogP contribution in [-0.4, -0.2) is 41.1 Å². The molecule has 0 saturated carbocycles. The van der Waals surface area contributed by atoms with E-state index in [4.69, 9.17) is 4.74 Å². The van der Waals surface area contributed by atoms with E-state index in [2.05, 4.69) is 10.6 Å². The maximum Gasteiger partial charge on any atom is 0.410 e. The molecule has 0 bridgehead atoms. The molecular weight excluding hydrogens is 306 g/mol. The fraction of sp³-hybridized carbons (Fsp3) is 0.556. The highest BCUT2D eigenvalue weighted by molar-refractivity contribution is 5.99. The van der Waals surface area contributed by atoms with E-state index < -0.39 is 11.1 Å². The van der Waals surface area contributed by atoms with Gasteiger partial charge in [-0.05, 0) is 45.2 Å². The van der Waals surface area contributed by atoms with E-state index in [9.17, 15) is 9.59 Å². The van der Waals surface area contributed by atoms with Crippen LogP contribution in [0.4, 0.5) is 10.5 Å². The molecule has 2 aliphatic heterocycles. The highest BCUT2D eigenvalue weighted by atomic mass is 16.6. The fourth-order valence-corrected chi connectivity index (χ4v) is 3.18. The van der Waals surface area contributed by atoms with E-state index >= 15 is 0 Å². The van der Waals surface area contributed by atoms with Gasteiger partial charge in [-0.3, -0.25) is 10.1 Å². The van der Waals surface area contributed by atoms with Crippen LogP contribution in [0.25, 0.3) is 0 Å². The van der Waals surface area contributed by atoms with E-state index in [1.54, 1.807) is 4.90 Å². The lowest BCUT2D eigenvalue weighted by molar-refractivity contribution is -0.124. The lowest BCUT2D eigenvalue weighted by Crippen LogP contribution is -2.60. The average Bonchev–Trinajstić information content (AvgIpc) is 2.65. The first-order chi connectivity index (χ1) is 11.3. The number of ether oxygens (including phenoxy) is 1. The van der Waals surface area contributed by atoms with Crippen LogP contribution in [0.2, 0.25) is 0 Å². The Bertz CT molecular complexity index is 643. The van der Waals surface area contributed by atoms with Gasteiger partial charge in [0.05, 0.1) is 0 Å². The van der Waals surface area contributed by atoms with Crippen LogP contribution in [0.3, 0.4) is 0 Å². The fourth-order valence-electron chi connectivity index (χ4n) is 3.18. The van der Waals surface area contributed by atoms with Crippen LogP contribution in [0.5, 0.6) is 0 Å². The van der Waals surface area contributed by atoms with Crippen molar-refractivity contribution in [2.45, 2.75) is 51.3 Å². The maximum atomic E-state index is 12.8. The van der Waals surface area contributed by atoms with Gasteiger partial charge in [0, 0.05) is 25.3 Å². The molecule has 6 heteroatoms. The van der Waals surface area contributed by atoms with Gasteiger partial charge in [0.15, 0.2) is 0 Å². The minimum absolute atomic E-state index is 0.0173. The molecule has 2 amide bonds. The van der Waals surface area contributed by atoms with Gasteiger partial charge in [0.2, 0.25) is 5.91 Å². The number of piperidine rings is 1. The van der Waals surface area contributed by atoms with Crippen molar-refractivity contribution in [1.82, 2.24) is 10.2 Å². The van der Waals surface area contributed by atoms with Crippen LogP contribution in [-0.2, 0) is 16.1 Å². The van der Waals surface area contributed by atoms with Crippen molar-refractivity contribution in [2.75, 3.05) is 18.4 Å². The zero-order chi connectivity index (χ0) is 17.4. The van der Waals surface area contributed by atoms with E-state index in [1.165, 1.54) is 0 Å².